The van der Waals surface area contributed by atoms with E-state index in [2.05, 4.69) is 12.2 Å². The molecule has 98 valence electrons. The number of nitrogens with zero attached hydrogens (tertiary/aromatic N) is 2. The van der Waals surface area contributed by atoms with Crippen LogP contribution in [-0.2, 0) is 9.59 Å². The minimum atomic E-state index is 0.0507. The second kappa shape index (κ2) is 6.59. The maximum atomic E-state index is 11.8. The summed E-state index contributed by atoms with van der Waals surface area (Å²) in [5.41, 5.74) is 0. The molecule has 0 aromatic rings. The lowest BCUT2D eigenvalue weighted by Gasteiger charge is -2.34. The van der Waals surface area contributed by atoms with Gasteiger partial charge in [0.2, 0.25) is 11.8 Å². The molecule has 1 fully saturated rings. The molecule has 1 aliphatic rings. The maximum Gasteiger partial charge on any atom is 0.242 e. The minimum Gasteiger partial charge on any atom is -0.332 e. The third kappa shape index (κ3) is 4.00. The van der Waals surface area contributed by atoms with E-state index >= 15 is 0 Å². The van der Waals surface area contributed by atoms with E-state index in [9.17, 15) is 9.59 Å². The first-order valence-electron chi connectivity index (χ1n) is 6.37. The van der Waals surface area contributed by atoms with Gasteiger partial charge in [0.25, 0.3) is 0 Å². The molecule has 0 radical (unpaired) electrons. The second-order valence-electron chi connectivity index (χ2n) is 4.54. The lowest BCUT2D eigenvalue weighted by Crippen LogP contribution is -2.56. The van der Waals surface area contributed by atoms with Crippen LogP contribution in [0.2, 0.25) is 0 Å². The van der Waals surface area contributed by atoms with E-state index in [1.807, 2.05) is 13.8 Å². The van der Waals surface area contributed by atoms with Gasteiger partial charge < -0.3 is 15.1 Å². The first kappa shape index (κ1) is 14.0. The summed E-state index contributed by atoms with van der Waals surface area (Å²) in [7, 11) is 0. The topological polar surface area (TPSA) is 52.7 Å². The molecule has 0 aromatic heterocycles. The van der Waals surface area contributed by atoms with Crippen LogP contribution >= 0.6 is 0 Å². The first-order valence-corrected chi connectivity index (χ1v) is 6.37. The largest absolute Gasteiger partial charge is 0.332 e. The molecule has 1 atom stereocenters. The fraction of sp³-hybridized carbons (Fsp3) is 0.833. The van der Waals surface area contributed by atoms with Gasteiger partial charge in [-0.05, 0) is 26.8 Å². The molecular formula is C12H23N3O2. The Balaban J connectivity index is 2.44. The highest BCUT2D eigenvalue weighted by atomic mass is 16.2. The molecule has 1 aliphatic heterocycles. The molecule has 17 heavy (non-hydrogen) atoms. The average molecular weight is 241 g/mol. The van der Waals surface area contributed by atoms with E-state index in [0.717, 1.165) is 13.0 Å². The predicted octanol–water partition coefficient (Wildman–Crippen LogP) is 0.0652. The highest BCUT2D eigenvalue weighted by Crippen LogP contribution is 2.05. The van der Waals surface area contributed by atoms with Crippen molar-refractivity contribution in [3.63, 3.8) is 0 Å². The molecule has 2 amide bonds. The van der Waals surface area contributed by atoms with E-state index in [4.69, 9.17) is 0 Å². The zero-order valence-electron chi connectivity index (χ0n) is 11.0. The van der Waals surface area contributed by atoms with E-state index in [-0.39, 0.29) is 30.9 Å². The highest BCUT2D eigenvalue weighted by molar-refractivity contribution is 5.92. The van der Waals surface area contributed by atoms with Crippen LogP contribution in [-0.4, -0.2) is 60.4 Å². The van der Waals surface area contributed by atoms with Crippen LogP contribution in [0.4, 0.5) is 0 Å². The zero-order valence-corrected chi connectivity index (χ0v) is 11.0. The van der Waals surface area contributed by atoms with E-state index < -0.39 is 0 Å². The lowest BCUT2D eigenvalue weighted by atomic mass is 10.2. The molecule has 0 aliphatic carbocycles. The Morgan fingerprint density at radius 3 is 2.35 bits per heavy atom. The van der Waals surface area contributed by atoms with Crippen molar-refractivity contribution in [2.24, 2.45) is 0 Å². The van der Waals surface area contributed by atoms with Crippen molar-refractivity contribution in [3.05, 3.63) is 0 Å². The Bertz CT molecular complexity index is 281. The van der Waals surface area contributed by atoms with Crippen LogP contribution in [0.25, 0.3) is 0 Å². The van der Waals surface area contributed by atoms with Gasteiger partial charge in [0.15, 0.2) is 0 Å². The quantitative estimate of drug-likeness (QED) is 0.716. The molecule has 0 bridgehead atoms. The number of rotatable bonds is 6. The Morgan fingerprint density at radius 1 is 1.18 bits per heavy atom. The Kier molecular flexibility index (Phi) is 5.41. The number of piperazine rings is 1. The van der Waals surface area contributed by atoms with Gasteiger partial charge in [-0.1, -0.05) is 6.92 Å². The highest BCUT2D eigenvalue weighted by Gasteiger charge is 2.29. The summed E-state index contributed by atoms with van der Waals surface area (Å²) in [5, 5.41) is 3.32. The van der Waals surface area contributed by atoms with Crippen LogP contribution in [0.15, 0.2) is 0 Å². The second-order valence-corrected chi connectivity index (χ2v) is 4.54. The summed E-state index contributed by atoms with van der Waals surface area (Å²) >= 11 is 0. The SMILES string of the molecule is CCCNC(C)CN1CC(=O)N(CC)CC1=O. The molecule has 5 heteroatoms. The molecule has 1 rings (SSSR count). The normalized spacial score (nSPS) is 18.8. The number of carbonyl (C=O) groups excluding carboxylic acids is 2. The monoisotopic (exact) mass is 241 g/mol. The molecule has 1 heterocycles. The van der Waals surface area contributed by atoms with E-state index in [0.29, 0.717) is 13.1 Å². The summed E-state index contributed by atoms with van der Waals surface area (Å²) in [6, 6.07) is 0.236. The molecule has 1 N–H and O–H groups in total. The average Bonchev–Trinajstić information content (AvgIpc) is 2.30. The van der Waals surface area contributed by atoms with Crippen molar-refractivity contribution in [2.45, 2.75) is 33.2 Å². The van der Waals surface area contributed by atoms with Gasteiger partial charge in [-0.2, -0.15) is 0 Å². The van der Waals surface area contributed by atoms with Crippen LogP contribution in [0.3, 0.4) is 0 Å². The summed E-state index contributed by atoms with van der Waals surface area (Å²) in [6.45, 7) is 8.67. The number of carbonyl (C=O) groups is 2. The van der Waals surface area contributed by atoms with Gasteiger partial charge in [0.05, 0.1) is 13.1 Å². The van der Waals surface area contributed by atoms with E-state index in [1.165, 1.54) is 0 Å². The molecule has 1 saturated heterocycles. The maximum absolute atomic E-state index is 11.8. The van der Waals surface area contributed by atoms with Gasteiger partial charge >= 0.3 is 0 Å². The number of hydrogen-bond donors (Lipinski definition) is 1. The fourth-order valence-electron chi connectivity index (χ4n) is 1.94. The zero-order chi connectivity index (χ0) is 12.8. The molecular weight excluding hydrogens is 218 g/mol. The van der Waals surface area contributed by atoms with Gasteiger partial charge in [0.1, 0.15) is 0 Å². The Hall–Kier alpha value is -1.10. The van der Waals surface area contributed by atoms with Crippen LogP contribution in [0.1, 0.15) is 27.2 Å². The third-order valence-electron chi connectivity index (χ3n) is 2.98. The fourth-order valence-corrected chi connectivity index (χ4v) is 1.94. The van der Waals surface area contributed by atoms with E-state index in [1.54, 1.807) is 9.80 Å². The van der Waals surface area contributed by atoms with Crippen molar-refractivity contribution in [2.75, 3.05) is 32.7 Å². The summed E-state index contributed by atoms with van der Waals surface area (Å²) in [4.78, 5) is 26.8. The van der Waals surface area contributed by atoms with Crippen LogP contribution in [0.5, 0.6) is 0 Å². The van der Waals surface area contributed by atoms with Crippen molar-refractivity contribution in [1.82, 2.24) is 15.1 Å². The summed E-state index contributed by atoms with van der Waals surface area (Å²) < 4.78 is 0. The standard InChI is InChI=1S/C12H23N3O2/c1-4-6-13-10(3)7-15-9-11(16)14(5-2)8-12(15)17/h10,13H,4-9H2,1-3H3. The van der Waals surface area contributed by atoms with Gasteiger partial charge in [-0.25, -0.2) is 0 Å². The number of likely N-dealkylation sites (N-methyl/N-ethyl adjacent to an activating group) is 1. The molecule has 0 saturated carbocycles. The van der Waals surface area contributed by atoms with Crippen molar-refractivity contribution >= 4 is 11.8 Å². The first-order chi connectivity index (χ1) is 8.08. The number of hydrogen-bond acceptors (Lipinski definition) is 3. The number of amides is 2. The summed E-state index contributed by atoms with van der Waals surface area (Å²) in [6.07, 6.45) is 1.07. The van der Waals surface area contributed by atoms with Crippen LogP contribution in [0, 0.1) is 0 Å². The molecule has 0 spiro atoms. The third-order valence-corrected chi connectivity index (χ3v) is 2.98. The molecule has 1 unspecified atom stereocenters. The van der Waals surface area contributed by atoms with Gasteiger partial charge in [0, 0.05) is 19.1 Å². The van der Waals surface area contributed by atoms with Crippen molar-refractivity contribution in [1.29, 1.82) is 0 Å². The smallest absolute Gasteiger partial charge is 0.242 e. The number of nitrogens with one attached hydrogen (secondary N) is 1. The summed E-state index contributed by atoms with van der Waals surface area (Å²) in [5.74, 6) is 0.103. The lowest BCUT2D eigenvalue weighted by molar-refractivity contribution is -0.150. The minimum absolute atomic E-state index is 0.0507. The Morgan fingerprint density at radius 2 is 1.76 bits per heavy atom. The molecule has 5 nitrogen and oxygen atoms in total. The van der Waals surface area contributed by atoms with Crippen molar-refractivity contribution in [3.8, 4) is 0 Å². The molecule has 0 aromatic carbocycles. The van der Waals surface area contributed by atoms with Crippen molar-refractivity contribution < 1.29 is 9.59 Å². The van der Waals surface area contributed by atoms with Gasteiger partial charge in [-0.3, -0.25) is 9.59 Å². The Labute approximate surface area is 103 Å². The van der Waals surface area contributed by atoms with Crippen LogP contribution < -0.4 is 5.32 Å². The van der Waals surface area contributed by atoms with Gasteiger partial charge in [-0.15, -0.1) is 0 Å². The predicted molar refractivity (Wildman–Crippen MR) is 66.6 cm³/mol.